The first-order valence-electron chi connectivity index (χ1n) is 3.88. The van der Waals surface area contributed by atoms with E-state index in [2.05, 4.69) is 0 Å². The van der Waals surface area contributed by atoms with Crippen LogP contribution in [0.5, 0.6) is 11.5 Å². The fraction of sp³-hybridized carbons (Fsp3) is 0.333. The van der Waals surface area contributed by atoms with Gasteiger partial charge in [0.25, 0.3) is 0 Å². The maximum atomic E-state index is 10.6. The van der Waals surface area contributed by atoms with Crippen molar-refractivity contribution in [3.05, 3.63) is 23.8 Å². The molecule has 0 fully saturated rings. The molecular weight excluding hydrogens is 187 g/mol. The number of hydrogen-bond acceptors (Lipinski definition) is 3. The van der Waals surface area contributed by atoms with E-state index in [9.17, 15) is 4.57 Å². The Morgan fingerprint density at radius 3 is 2.15 bits per heavy atom. The second-order valence-corrected chi connectivity index (χ2v) is 3.10. The molecule has 0 spiro atoms. The van der Waals surface area contributed by atoms with Crippen molar-refractivity contribution >= 4 is 8.46 Å². The standard InChI is InChI=1S/C9H11O3P/c1-11-8-4-3-5-9(12-2)7(8)6-13-10/h3-5H,6H2,1-2H3/p+1. The maximum Gasteiger partial charge on any atom is 0.329 e. The van der Waals surface area contributed by atoms with Crippen LogP contribution in [-0.2, 0) is 10.7 Å². The molecule has 0 aromatic heterocycles. The molecule has 0 heterocycles. The molecule has 0 aliphatic rings. The van der Waals surface area contributed by atoms with E-state index in [4.69, 9.17) is 9.47 Å². The lowest BCUT2D eigenvalue weighted by Gasteiger charge is -2.08. The van der Waals surface area contributed by atoms with Crippen molar-refractivity contribution in [3.8, 4) is 11.5 Å². The molecule has 0 bridgehead atoms. The summed E-state index contributed by atoms with van der Waals surface area (Å²) in [5, 5.41) is 0. The van der Waals surface area contributed by atoms with Gasteiger partial charge in [-0.25, -0.2) is 0 Å². The Morgan fingerprint density at radius 1 is 1.23 bits per heavy atom. The van der Waals surface area contributed by atoms with Gasteiger partial charge in [0, 0.05) is 0 Å². The molecule has 1 unspecified atom stereocenters. The van der Waals surface area contributed by atoms with Crippen LogP contribution in [0.1, 0.15) is 5.56 Å². The molecule has 3 nitrogen and oxygen atoms in total. The summed E-state index contributed by atoms with van der Waals surface area (Å²) in [6.07, 6.45) is 0.465. The van der Waals surface area contributed by atoms with Gasteiger partial charge in [-0.15, -0.1) is 0 Å². The second kappa shape index (κ2) is 4.83. The Morgan fingerprint density at radius 2 is 1.77 bits per heavy atom. The first-order chi connectivity index (χ1) is 6.33. The molecule has 0 saturated heterocycles. The lowest BCUT2D eigenvalue weighted by atomic mass is 10.2. The SMILES string of the molecule is COc1cccc(OC)c1C[PH+]=O. The molecule has 0 radical (unpaired) electrons. The third kappa shape index (κ3) is 2.19. The zero-order valence-corrected chi connectivity index (χ0v) is 8.66. The van der Waals surface area contributed by atoms with E-state index in [1.165, 1.54) is 0 Å². The predicted octanol–water partition coefficient (Wildman–Crippen LogP) is 2.23. The van der Waals surface area contributed by atoms with Gasteiger partial charge >= 0.3 is 8.46 Å². The summed E-state index contributed by atoms with van der Waals surface area (Å²) in [6.45, 7) is 0. The van der Waals surface area contributed by atoms with Crippen LogP contribution in [0.3, 0.4) is 0 Å². The highest BCUT2D eigenvalue weighted by Gasteiger charge is 2.12. The highest BCUT2D eigenvalue weighted by atomic mass is 31.1. The van der Waals surface area contributed by atoms with E-state index >= 15 is 0 Å². The van der Waals surface area contributed by atoms with Gasteiger partial charge < -0.3 is 9.47 Å². The smallest absolute Gasteiger partial charge is 0.329 e. The fourth-order valence-corrected chi connectivity index (χ4v) is 1.67. The normalized spacial score (nSPS) is 10.0. The van der Waals surface area contributed by atoms with Crippen LogP contribution < -0.4 is 9.47 Å². The number of ether oxygens (including phenoxy) is 2. The third-order valence-corrected chi connectivity index (χ3v) is 2.28. The largest absolute Gasteiger partial charge is 0.496 e. The van der Waals surface area contributed by atoms with E-state index in [0.717, 1.165) is 17.1 Å². The van der Waals surface area contributed by atoms with Gasteiger partial charge in [-0.2, -0.15) is 0 Å². The fourth-order valence-electron chi connectivity index (χ4n) is 1.17. The van der Waals surface area contributed by atoms with E-state index < -0.39 is 0 Å². The van der Waals surface area contributed by atoms with Gasteiger partial charge in [-0.3, -0.25) is 0 Å². The Kier molecular flexibility index (Phi) is 3.71. The topological polar surface area (TPSA) is 35.5 Å². The zero-order valence-electron chi connectivity index (χ0n) is 7.66. The molecule has 0 N–H and O–H groups in total. The van der Waals surface area contributed by atoms with Crippen LogP contribution in [0.4, 0.5) is 0 Å². The Hall–Kier alpha value is -1.08. The Labute approximate surface area is 78.9 Å². The molecule has 0 aliphatic carbocycles. The lowest BCUT2D eigenvalue weighted by Crippen LogP contribution is -1.93. The molecular formula is C9H12O3P+. The molecule has 1 aromatic rings. The minimum Gasteiger partial charge on any atom is -0.496 e. The van der Waals surface area contributed by atoms with Gasteiger partial charge in [-0.1, -0.05) is 10.6 Å². The van der Waals surface area contributed by atoms with E-state index in [0.29, 0.717) is 6.16 Å². The summed E-state index contributed by atoms with van der Waals surface area (Å²) < 4.78 is 20.8. The predicted molar refractivity (Wildman–Crippen MR) is 52.3 cm³/mol. The van der Waals surface area contributed by atoms with Crippen LogP contribution in [-0.4, -0.2) is 14.2 Å². The highest BCUT2D eigenvalue weighted by Crippen LogP contribution is 2.30. The summed E-state index contributed by atoms with van der Waals surface area (Å²) >= 11 is 0. The van der Waals surface area contributed by atoms with E-state index in [1.54, 1.807) is 14.2 Å². The van der Waals surface area contributed by atoms with Crippen molar-refractivity contribution in [3.63, 3.8) is 0 Å². The highest BCUT2D eigenvalue weighted by molar-refractivity contribution is 7.22. The van der Waals surface area contributed by atoms with Gasteiger partial charge in [-0.05, 0) is 12.1 Å². The van der Waals surface area contributed by atoms with Crippen molar-refractivity contribution in [2.45, 2.75) is 6.16 Å². The van der Waals surface area contributed by atoms with Gasteiger partial charge in [0.05, 0.1) is 19.8 Å². The van der Waals surface area contributed by atoms with E-state index in [1.807, 2.05) is 18.2 Å². The molecule has 0 aliphatic heterocycles. The van der Waals surface area contributed by atoms with Crippen molar-refractivity contribution in [1.82, 2.24) is 0 Å². The molecule has 13 heavy (non-hydrogen) atoms. The summed E-state index contributed by atoms with van der Waals surface area (Å²) in [5.74, 6) is 1.45. The third-order valence-electron chi connectivity index (χ3n) is 1.78. The maximum absolute atomic E-state index is 10.6. The van der Waals surface area contributed by atoms with Crippen molar-refractivity contribution in [2.24, 2.45) is 0 Å². The number of benzene rings is 1. The molecule has 1 rings (SSSR count). The van der Waals surface area contributed by atoms with Gasteiger partial charge in [0.2, 0.25) is 0 Å². The summed E-state index contributed by atoms with van der Waals surface area (Å²) in [5.41, 5.74) is 0.862. The van der Waals surface area contributed by atoms with Crippen molar-refractivity contribution in [1.29, 1.82) is 0 Å². The average molecular weight is 199 g/mol. The average Bonchev–Trinajstić information content (AvgIpc) is 2.18. The summed E-state index contributed by atoms with van der Waals surface area (Å²) in [6, 6.07) is 5.51. The Balaban J connectivity index is 3.12. The van der Waals surface area contributed by atoms with Crippen LogP contribution in [0, 0.1) is 0 Å². The molecule has 70 valence electrons. The Bertz CT molecular complexity index is 277. The van der Waals surface area contributed by atoms with Crippen LogP contribution in [0.15, 0.2) is 18.2 Å². The number of methoxy groups -OCH3 is 2. The molecule has 0 amide bonds. The molecule has 1 atom stereocenters. The van der Waals surface area contributed by atoms with Crippen molar-refractivity contribution in [2.75, 3.05) is 14.2 Å². The summed E-state index contributed by atoms with van der Waals surface area (Å²) in [7, 11) is 2.80. The quantitative estimate of drug-likeness (QED) is 0.697. The first-order valence-corrected chi connectivity index (χ1v) is 5.00. The van der Waals surface area contributed by atoms with Crippen molar-refractivity contribution < 1.29 is 14.0 Å². The lowest BCUT2D eigenvalue weighted by molar-refractivity contribution is 0.388. The zero-order chi connectivity index (χ0) is 9.68. The molecule has 4 heteroatoms. The second-order valence-electron chi connectivity index (χ2n) is 2.46. The number of rotatable bonds is 4. The van der Waals surface area contributed by atoms with Crippen LogP contribution in [0.25, 0.3) is 0 Å². The van der Waals surface area contributed by atoms with Gasteiger partial charge in [0.1, 0.15) is 11.5 Å². The van der Waals surface area contributed by atoms with Crippen LogP contribution >= 0.6 is 8.46 Å². The van der Waals surface area contributed by atoms with E-state index in [-0.39, 0.29) is 8.46 Å². The minimum absolute atomic E-state index is 0.376. The first kappa shape index (κ1) is 10.0. The molecule has 1 aromatic carbocycles. The molecule has 0 saturated carbocycles. The summed E-state index contributed by atoms with van der Waals surface area (Å²) in [4.78, 5) is 0. The van der Waals surface area contributed by atoms with Gasteiger partial charge in [0.15, 0.2) is 6.16 Å². The minimum atomic E-state index is -0.376. The monoisotopic (exact) mass is 199 g/mol. The van der Waals surface area contributed by atoms with Crippen LogP contribution in [0.2, 0.25) is 0 Å². The number of hydrogen-bond donors (Lipinski definition) is 0.